The highest BCUT2D eigenvalue weighted by molar-refractivity contribution is 7.99. The predicted octanol–water partition coefficient (Wildman–Crippen LogP) is 2.50. The van der Waals surface area contributed by atoms with Crippen molar-refractivity contribution < 1.29 is 13.9 Å². The third-order valence-electron chi connectivity index (χ3n) is 4.43. The standard InChI is InChI=1S/C18H24FN5O2S/c19-16-9-14(3-4-17(16)23-5-1-7-27-8-2-6-23)24-11-15(26-18(24)25)10-21-13-22-12-20/h3-4,9,12-13,15H,1-2,5-8,10-11H2,(H2,20,21,22)/t15-/m0/s1. The lowest BCUT2D eigenvalue weighted by Gasteiger charge is -2.27. The highest BCUT2D eigenvalue weighted by atomic mass is 32.2. The number of carbonyl (C=O) groups is 1. The van der Waals surface area contributed by atoms with Crippen molar-refractivity contribution in [3.8, 4) is 0 Å². The van der Waals surface area contributed by atoms with E-state index in [0.717, 1.165) is 43.8 Å². The molecule has 2 N–H and O–H groups in total. The Morgan fingerprint density at radius 3 is 2.81 bits per heavy atom. The minimum atomic E-state index is -0.493. The van der Waals surface area contributed by atoms with Gasteiger partial charge in [-0.3, -0.25) is 9.89 Å². The van der Waals surface area contributed by atoms with E-state index < -0.39 is 12.2 Å². The summed E-state index contributed by atoms with van der Waals surface area (Å²) >= 11 is 1.96. The molecular formula is C18H24FN5O2S. The summed E-state index contributed by atoms with van der Waals surface area (Å²) in [5.74, 6) is 1.90. The Hall–Kier alpha value is -2.29. The maximum Gasteiger partial charge on any atom is 0.414 e. The molecule has 9 heteroatoms. The van der Waals surface area contributed by atoms with Crippen LogP contribution >= 0.6 is 11.8 Å². The third kappa shape index (κ3) is 5.12. The SMILES string of the molecule is NC=NC=NC[C@H]1CN(c2ccc(N3CCCSCCC3)c(F)c2)C(=O)O1. The Morgan fingerprint density at radius 2 is 2.11 bits per heavy atom. The maximum atomic E-state index is 14.8. The lowest BCUT2D eigenvalue weighted by Crippen LogP contribution is -2.29. The van der Waals surface area contributed by atoms with E-state index in [4.69, 9.17) is 10.5 Å². The molecular weight excluding hydrogens is 369 g/mol. The van der Waals surface area contributed by atoms with Gasteiger partial charge >= 0.3 is 6.09 Å². The Balaban J connectivity index is 1.66. The van der Waals surface area contributed by atoms with Crippen LogP contribution in [0.2, 0.25) is 0 Å². The summed E-state index contributed by atoms with van der Waals surface area (Å²) in [6.45, 7) is 2.30. The van der Waals surface area contributed by atoms with Crippen molar-refractivity contribution in [3.05, 3.63) is 24.0 Å². The van der Waals surface area contributed by atoms with Crippen molar-refractivity contribution in [2.75, 3.05) is 47.5 Å². The number of nitrogens with zero attached hydrogens (tertiary/aromatic N) is 4. The van der Waals surface area contributed by atoms with Gasteiger partial charge in [-0.05, 0) is 42.5 Å². The molecule has 0 aromatic heterocycles. The van der Waals surface area contributed by atoms with E-state index in [1.807, 2.05) is 11.8 Å². The van der Waals surface area contributed by atoms with Crippen LogP contribution in [0.4, 0.5) is 20.6 Å². The molecule has 2 aliphatic heterocycles. The molecule has 146 valence electrons. The second kappa shape index (κ2) is 9.59. The summed E-state index contributed by atoms with van der Waals surface area (Å²) in [6, 6.07) is 4.94. The lowest BCUT2D eigenvalue weighted by molar-refractivity contribution is 0.145. The smallest absolute Gasteiger partial charge is 0.414 e. The maximum absolute atomic E-state index is 14.8. The number of carbonyl (C=O) groups excluding carboxylic acids is 1. The number of aliphatic imine (C=N–C) groups is 2. The van der Waals surface area contributed by atoms with Gasteiger partial charge in [0.1, 0.15) is 18.3 Å². The summed E-state index contributed by atoms with van der Waals surface area (Å²) in [4.78, 5) is 23.3. The average molecular weight is 393 g/mol. The molecule has 0 unspecified atom stereocenters. The first-order valence-corrected chi connectivity index (χ1v) is 10.2. The van der Waals surface area contributed by atoms with Gasteiger partial charge in [0.2, 0.25) is 0 Å². The fourth-order valence-electron chi connectivity index (χ4n) is 3.17. The number of cyclic esters (lactones) is 1. The van der Waals surface area contributed by atoms with E-state index in [1.165, 1.54) is 17.3 Å². The van der Waals surface area contributed by atoms with E-state index in [-0.39, 0.29) is 12.4 Å². The minimum Gasteiger partial charge on any atom is -0.442 e. The molecule has 1 aromatic carbocycles. The topological polar surface area (TPSA) is 83.5 Å². The average Bonchev–Trinajstić information content (AvgIpc) is 3.00. The molecule has 27 heavy (non-hydrogen) atoms. The minimum absolute atomic E-state index is 0.284. The van der Waals surface area contributed by atoms with Crippen LogP contribution in [-0.2, 0) is 4.74 Å². The van der Waals surface area contributed by atoms with E-state index in [9.17, 15) is 9.18 Å². The number of hydrogen-bond donors (Lipinski definition) is 1. The number of hydrogen-bond acceptors (Lipinski definition) is 5. The van der Waals surface area contributed by atoms with Crippen molar-refractivity contribution in [1.82, 2.24) is 0 Å². The molecule has 7 nitrogen and oxygen atoms in total. The van der Waals surface area contributed by atoms with E-state index in [1.54, 1.807) is 12.1 Å². The molecule has 0 aliphatic carbocycles. The number of amides is 1. The first-order chi connectivity index (χ1) is 13.2. The molecule has 1 aromatic rings. The molecule has 0 saturated carbocycles. The van der Waals surface area contributed by atoms with Crippen LogP contribution in [0.15, 0.2) is 28.2 Å². The van der Waals surface area contributed by atoms with Crippen molar-refractivity contribution in [2.45, 2.75) is 18.9 Å². The zero-order valence-corrected chi connectivity index (χ0v) is 15.9. The van der Waals surface area contributed by atoms with Crippen LogP contribution in [0.5, 0.6) is 0 Å². The first kappa shape index (κ1) is 19.5. The van der Waals surface area contributed by atoms with Crippen molar-refractivity contribution in [2.24, 2.45) is 15.7 Å². The Labute approximate surface area is 162 Å². The van der Waals surface area contributed by atoms with Gasteiger partial charge in [0.25, 0.3) is 0 Å². The Morgan fingerprint density at radius 1 is 1.33 bits per heavy atom. The molecule has 2 heterocycles. The summed E-state index contributed by atoms with van der Waals surface area (Å²) < 4.78 is 20.0. The highest BCUT2D eigenvalue weighted by Gasteiger charge is 2.32. The summed E-state index contributed by atoms with van der Waals surface area (Å²) in [5.41, 5.74) is 6.21. The third-order valence-corrected chi connectivity index (χ3v) is 5.59. The van der Waals surface area contributed by atoms with Gasteiger partial charge in [-0.1, -0.05) is 0 Å². The van der Waals surface area contributed by atoms with E-state index >= 15 is 0 Å². The second-order valence-electron chi connectivity index (χ2n) is 6.34. The van der Waals surface area contributed by atoms with E-state index in [2.05, 4.69) is 14.9 Å². The number of nitrogens with two attached hydrogens (primary N) is 1. The summed E-state index contributed by atoms with van der Waals surface area (Å²) in [5, 5.41) is 0. The van der Waals surface area contributed by atoms with Gasteiger partial charge < -0.3 is 15.4 Å². The first-order valence-electron chi connectivity index (χ1n) is 9.01. The Kier molecular flexibility index (Phi) is 6.92. The molecule has 2 aliphatic rings. The van der Waals surface area contributed by atoms with Crippen molar-refractivity contribution in [3.63, 3.8) is 0 Å². The van der Waals surface area contributed by atoms with Crippen molar-refractivity contribution >= 4 is 41.9 Å². The zero-order valence-electron chi connectivity index (χ0n) is 15.1. The van der Waals surface area contributed by atoms with Crippen LogP contribution in [-0.4, -0.2) is 62.6 Å². The number of thioether (sulfide) groups is 1. The van der Waals surface area contributed by atoms with Gasteiger partial charge in [0, 0.05) is 13.1 Å². The number of benzene rings is 1. The monoisotopic (exact) mass is 393 g/mol. The summed E-state index contributed by atoms with van der Waals surface area (Å²) in [6.07, 6.45) is 3.64. The van der Waals surface area contributed by atoms with Gasteiger partial charge in [-0.15, -0.1) is 0 Å². The molecule has 0 bridgehead atoms. The molecule has 0 radical (unpaired) electrons. The lowest BCUT2D eigenvalue weighted by atomic mass is 10.2. The predicted molar refractivity (Wildman–Crippen MR) is 109 cm³/mol. The normalized spacial score (nSPS) is 21.7. The van der Waals surface area contributed by atoms with Crippen LogP contribution < -0.4 is 15.5 Å². The molecule has 1 amide bonds. The van der Waals surface area contributed by atoms with E-state index in [0.29, 0.717) is 17.9 Å². The van der Waals surface area contributed by atoms with Crippen LogP contribution in [0.3, 0.4) is 0 Å². The second-order valence-corrected chi connectivity index (χ2v) is 7.56. The molecule has 2 fully saturated rings. The van der Waals surface area contributed by atoms with Gasteiger partial charge in [-0.25, -0.2) is 14.2 Å². The fraction of sp³-hybridized carbons (Fsp3) is 0.500. The van der Waals surface area contributed by atoms with Crippen LogP contribution in [0.25, 0.3) is 0 Å². The van der Waals surface area contributed by atoms with Gasteiger partial charge in [-0.2, -0.15) is 11.8 Å². The largest absolute Gasteiger partial charge is 0.442 e. The molecule has 3 rings (SSSR count). The number of rotatable bonds is 5. The number of halogens is 1. The zero-order chi connectivity index (χ0) is 19.1. The fourth-order valence-corrected chi connectivity index (χ4v) is 4.04. The molecule has 2 saturated heterocycles. The van der Waals surface area contributed by atoms with Crippen LogP contribution in [0.1, 0.15) is 12.8 Å². The number of anilines is 2. The highest BCUT2D eigenvalue weighted by Crippen LogP contribution is 2.29. The number of ether oxygens (including phenoxy) is 1. The Bertz CT molecular complexity index is 707. The molecule has 1 atom stereocenters. The van der Waals surface area contributed by atoms with Gasteiger partial charge in [0.05, 0.1) is 30.8 Å². The van der Waals surface area contributed by atoms with Crippen molar-refractivity contribution in [1.29, 1.82) is 0 Å². The van der Waals surface area contributed by atoms with Crippen LogP contribution in [0, 0.1) is 5.82 Å². The quantitative estimate of drug-likeness (QED) is 0.614. The summed E-state index contributed by atoms with van der Waals surface area (Å²) in [7, 11) is 0. The van der Waals surface area contributed by atoms with Gasteiger partial charge in [0.15, 0.2) is 0 Å². The molecule has 0 spiro atoms.